The summed E-state index contributed by atoms with van der Waals surface area (Å²) in [6.07, 6.45) is 1.53. The Kier molecular flexibility index (Phi) is 3.05. The van der Waals surface area contributed by atoms with Crippen molar-refractivity contribution in [3.05, 3.63) is 46.9 Å². The number of rotatable bonds is 2. The van der Waals surface area contributed by atoms with Crippen LogP contribution >= 0.6 is 15.9 Å². The van der Waals surface area contributed by atoms with Gasteiger partial charge in [0.2, 0.25) is 0 Å². The molecule has 3 nitrogen and oxygen atoms in total. The molecule has 0 saturated heterocycles. The summed E-state index contributed by atoms with van der Waals surface area (Å²) in [5.74, 6) is -0.417. The lowest BCUT2D eigenvalue weighted by Gasteiger charge is -2.08. The van der Waals surface area contributed by atoms with Gasteiger partial charge in [0.15, 0.2) is 5.82 Å². The number of aromatic nitrogens is 1. The molecule has 5 heteroatoms. The summed E-state index contributed by atoms with van der Waals surface area (Å²) in [6.45, 7) is 0. The number of nitrogens with one attached hydrogen (secondary N) is 1. The van der Waals surface area contributed by atoms with Crippen molar-refractivity contribution >= 4 is 33.0 Å². The summed E-state index contributed by atoms with van der Waals surface area (Å²) < 4.78 is 13.4. The van der Waals surface area contributed by atoms with E-state index in [1.54, 1.807) is 6.07 Å². The van der Waals surface area contributed by atoms with Crippen LogP contribution in [0.25, 0.3) is 0 Å². The van der Waals surface area contributed by atoms with Crippen LogP contribution in [0, 0.1) is 5.82 Å². The number of anilines is 3. The second kappa shape index (κ2) is 4.49. The van der Waals surface area contributed by atoms with E-state index >= 15 is 0 Å². The van der Waals surface area contributed by atoms with E-state index in [-0.39, 0.29) is 4.60 Å². The van der Waals surface area contributed by atoms with Crippen LogP contribution in [0.1, 0.15) is 0 Å². The molecule has 3 N–H and O–H groups in total. The molecular weight excluding hydrogens is 273 g/mol. The van der Waals surface area contributed by atoms with Crippen molar-refractivity contribution in [2.45, 2.75) is 0 Å². The van der Waals surface area contributed by atoms with Crippen molar-refractivity contribution in [3.8, 4) is 0 Å². The van der Waals surface area contributed by atoms with Gasteiger partial charge in [0, 0.05) is 6.07 Å². The number of nitrogen functional groups attached to an aromatic ring is 1. The van der Waals surface area contributed by atoms with Gasteiger partial charge in [0.25, 0.3) is 0 Å². The molecule has 0 spiro atoms. The molecule has 0 fully saturated rings. The Labute approximate surface area is 101 Å². The fourth-order valence-electron chi connectivity index (χ4n) is 1.26. The molecule has 82 valence electrons. The maximum atomic E-state index is 13.2. The second-order valence-electron chi connectivity index (χ2n) is 3.21. The minimum atomic E-state index is -0.417. The molecule has 0 bridgehead atoms. The lowest BCUT2D eigenvalue weighted by molar-refractivity contribution is 0.614. The highest BCUT2D eigenvalue weighted by Crippen LogP contribution is 2.23. The summed E-state index contributed by atoms with van der Waals surface area (Å²) in [5.41, 5.74) is 7.64. The van der Waals surface area contributed by atoms with Crippen molar-refractivity contribution in [2.24, 2.45) is 0 Å². The molecule has 1 aromatic heterocycles. The SMILES string of the molecule is Nc1ccccc1Nc1cnc(Br)c(F)c1. The predicted molar refractivity (Wildman–Crippen MR) is 66.0 cm³/mol. The van der Waals surface area contributed by atoms with Crippen LogP contribution in [0.4, 0.5) is 21.5 Å². The quantitative estimate of drug-likeness (QED) is 0.656. The fourth-order valence-corrected chi connectivity index (χ4v) is 1.47. The average Bonchev–Trinajstić information content (AvgIpc) is 2.27. The third-order valence-corrected chi connectivity index (χ3v) is 2.62. The zero-order valence-corrected chi connectivity index (χ0v) is 9.83. The number of benzene rings is 1. The highest BCUT2D eigenvalue weighted by atomic mass is 79.9. The first kappa shape index (κ1) is 10.9. The van der Waals surface area contributed by atoms with Crippen LogP contribution in [0.3, 0.4) is 0 Å². The molecule has 0 radical (unpaired) electrons. The standard InChI is InChI=1S/C11H9BrFN3/c12-11-8(13)5-7(6-15-11)16-10-4-2-1-3-9(10)14/h1-6,16H,14H2. The molecule has 1 heterocycles. The molecule has 2 aromatic rings. The Hall–Kier alpha value is -1.62. The van der Waals surface area contributed by atoms with Gasteiger partial charge in [-0.3, -0.25) is 0 Å². The lowest BCUT2D eigenvalue weighted by atomic mass is 10.2. The van der Waals surface area contributed by atoms with E-state index in [2.05, 4.69) is 26.2 Å². The Balaban J connectivity index is 2.28. The molecule has 0 saturated carbocycles. The van der Waals surface area contributed by atoms with E-state index in [4.69, 9.17) is 5.73 Å². The van der Waals surface area contributed by atoms with Crippen LogP contribution in [0.15, 0.2) is 41.1 Å². The predicted octanol–water partition coefficient (Wildman–Crippen LogP) is 3.31. The monoisotopic (exact) mass is 281 g/mol. The van der Waals surface area contributed by atoms with E-state index < -0.39 is 5.82 Å². The van der Waals surface area contributed by atoms with E-state index in [9.17, 15) is 4.39 Å². The van der Waals surface area contributed by atoms with E-state index in [1.165, 1.54) is 12.3 Å². The van der Waals surface area contributed by atoms with Crippen LogP contribution < -0.4 is 11.1 Å². The van der Waals surface area contributed by atoms with Crippen molar-refractivity contribution in [2.75, 3.05) is 11.1 Å². The number of pyridine rings is 1. The van der Waals surface area contributed by atoms with Gasteiger partial charge in [0.05, 0.1) is 23.3 Å². The number of nitrogens with two attached hydrogens (primary N) is 1. The number of halogens is 2. The minimum absolute atomic E-state index is 0.194. The zero-order chi connectivity index (χ0) is 11.5. The minimum Gasteiger partial charge on any atom is -0.397 e. The summed E-state index contributed by atoms with van der Waals surface area (Å²) in [4.78, 5) is 3.84. The van der Waals surface area contributed by atoms with E-state index in [1.807, 2.05) is 18.2 Å². The largest absolute Gasteiger partial charge is 0.397 e. The van der Waals surface area contributed by atoms with Crippen LogP contribution in [-0.4, -0.2) is 4.98 Å². The smallest absolute Gasteiger partial charge is 0.158 e. The molecule has 0 amide bonds. The maximum absolute atomic E-state index is 13.2. The normalized spacial score (nSPS) is 10.1. The number of nitrogens with zero attached hydrogens (tertiary/aromatic N) is 1. The van der Waals surface area contributed by atoms with Crippen LogP contribution in [0.2, 0.25) is 0 Å². The molecule has 0 aliphatic carbocycles. The van der Waals surface area contributed by atoms with Gasteiger partial charge < -0.3 is 11.1 Å². The summed E-state index contributed by atoms with van der Waals surface area (Å²) in [5, 5.41) is 2.99. The first-order valence-corrected chi connectivity index (χ1v) is 5.38. The molecule has 0 atom stereocenters. The first-order valence-electron chi connectivity index (χ1n) is 4.59. The van der Waals surface area contributed by atoms with Crippen molar-refractivity contribution in [3.63, 3.8) is 0 Å². The Morgan fingerprint density at radius 2 is 2.06 bits per heavy atom. The molecule has 2 rings (SSSR count). The number of para-hydroxylation sites is 2. The Bertz CT molecular complexity index is 516. The zero-order valence-electron chi connectivity index (χ0n) is 8.24. The van der Waals surface area contributed by atoms with Crippen LogP contribution in [0.5, 0.6) is 0 Å². The Morgan fingerprint density at radius 1 is 1.31 bits per heavy atom. The van der Waals surface area contributed by atoms with Crippen molar-refractivity contribution < 1.29 is 4.39 Å². The fraction of sp³-hybridized carbons (Fsp3) is 0. The van der Waals surface area contributed by atoms with Gasteiger partial charge >= 0.3 is 0 Å². The molecule has 0 unspecified atom stereocenters. The maximum Gasteiger partial charge on any atom is 0.158 e. The van der Waals surface area contributed by atoms with Gasteiger partial charge in [-0.05, 0) is 28.1 Å². The molecule has 1 aromatic carbocycles. The summed E-state index contributed by atoms with van der Waals surface area (Å²) in [6, 6.07) is 8.62. The highest BCUT2D eigenvalue weighted by molar-refractivity contribution is 9.10. The van der Waals surface area contributed by atoms with Gasteiger partial charge in [-0.1, -0.05) is 12.1 Å². The average molecular weight is 282 g/mol. The first-order chi connectivity index (χ1) is 7.66. The van der Waals surface area contributed by atoms with Gasteiger partial charge in [-0.2, -0.15) is 0 Å². The topological polar surface area (TPSA) is 50.9 Å². The van der Waals surface area contributed by atoms with Gasteiger partial charge in [0.1, 0.15) is 4.60 Å². The van der Waals surface area contributed by atoms with Gasteiger partial charge in [-0.25, -0.2) is 9.37 Å². The number of hydrogen-bond acceptors (Lipinski definition) is 3. The third-order valence-electron chi connectivity index (χ3n) is 2.04. The Morgan fingerprint density at radius 3 is 2.75 bits per heavy atom. The van der Waals surface area contributed by atoms with E-state index in [0.717, 1.165) is 5.69 Å². The lowest BCUT2D eigenvalue weighted by Crippen LogP contribution is -1.97. The molecule has 16 heavy (non-hydrogen) atoms. The summed E-state index contributed by atoms with van der Waals surface area (Å²) in [7, 11) is 0. The van der Waals surface area contributed by atoms with Crippen molar-refractivity contribution in [1.29, 1.82) is 0 Å². The molecular formula is C11H9BrFN3. The molecule has 0 aliphatic heterocycles. The highest BCUT2D eigenvalue weighted by Gasteiger charge is 2.03. The number of hydrogen-bond donors (Lipinski definition) is 2. The van der Waals surface area contributed by atoms with E-state index in [0.29, 0.717) is 11.4 Å². The third kappa shape index (κ3) is 2.30. The second-order valence-corrected chi connectivity index (χ2v) is 3.96. The molecule has 0 aliphatic rings. The summed E-state index contributed by atoms with van der Waals surface area (Å²) >= 11 is 2.99. The van der Waals surface area contributed by atoms with Gasteiger partial charge in [-0.15, -0.1) is 0 Å². The van der Waals surface area contributed by atoms with Crippen molar-refractivity contribution in [1.82, 2.24) is 4.98 Å². The van der Waals surface area contributed by atoms with Crippen LogP contribution in [-0.2, 0) is 0 Å².